The normalized spacial score (nSPS) is 0. The molecule has 4 heteroatoms. The zero-order valence-electron chi connectivity index (χ0n) is 1.63. The third-order valence-electron chi connectivity index (χ3n) is 0. The molecule has 0 rings (SSSR count). The SMILES string of the molecule is Br.Br.Br.[Mo]. The van der Waals surface area contributed by atoms with Crippen molar-refractivity contribution in [3.63, 3.8) is 0 Å². The molecule has 0 aromatic rings. The molecule has 0 unspecified atom stereocenters. The van der Waals surface area contributed by atoms with E-state index in [0.717, 1.165) is 0 Å². The van der Waals surface area contributed by atoms with Gasteiger partial charge in [-0.1, -0.05) is 0 Å². The van der Waals surface area contributed by atoms with Gasteiger partial charge < -0.3 is 0 Å². The molecule has 0 amide bonds. The van der Waals surface area contributed by atoms with Crippen molar-refractivity contribution in [1.29, 1.82) is 0 Å². The minimum atomic E-state index is 0. The molecule has 0 aliphatic rings. The molecule has 0 aromatic carbocycles. The Hall–Kier alpha value is 2.13. The van der Waals surface area contributed by atoms with E-state index in [1.165, 1.54) is 0 Å². The monoisotopic (exact) mass is 338 g/mol. The van der Waals surface area contributed by atoms with Crippen molar-refractivity contribution in [2.75, 3.05) is 0 Å². The first-order valence-electron chi connectivity index (χ1n) is 0. The average molecular weight is 339 g/mol. The number of rotatable bonds is 0. The van der Waals surface area contributed by atoms with Gasteiger partial charge in [-0.15, -0.1) is 50.9 Å². The molecule has 0 nitrogen and oxygen atoms in total. The minimum absolute atomic E-state index is 0. The fraction of sp³-hybridized carbons (Fsp3) is 0. The van der Waals surface area contributed by atoms with Gasteiger partial charge in [-0.2, -0.15) is 0 Å². The van der Waals surface area contributed by atoms with Crippen molar-refractivity contribution in [2.24, 2.45) is 0 Å². The number of hydrogen-bond donors (Lipinski definition) is 0. The van der Waals surface area contributed by atoms with Gasteiger partial charge in [-0.25, -0.2) is 0 Å². The fourth-order valence-corrected chi connectivity index (χ4v) is 0. The molecule has 0 radical (unpaired) electrons. The summed E-state index contributed by atoms with van der Waals surface area (Å²) in [5.74, 6) is 0. The van der Waals surface area contributed by atoms with Gasteiger partial charge in [0.25, 0.3) is 0 Å². The molecular formula is H3Br3Mo. The van der Waals surface area contributed by atoms with Crippen LogP contribution in [0.3, 0.4) is 0 Å². The molecule has 0 saturated carbocycles. The van der Waals surface area contributed by atoms with Crippen molar-refractivity contribution in [2.45, 2.75) is 0 Å². The molecule has 0 bridgehead atoms. The van der Waals surface area contributed by atoms with Crippen molar-refractivity contribution >= 4 is 50.9 Å². The predicted octanol–water partition coefficient (Wildman–Crippen LogP) is 1.73. The summed E-state index contributed by atoms with van der Waals surface area (Å²) >= 11 is 0. The molecule has 0 N–H and O–H groups in total. The molecule has 0 fully saturated rings. The van der Waals surface area contributed by atoms with Crippen LogP contribution in [0.4, 0.5) is 0 Å². The Morgan fingerprint density at radius 1 is 0.500 bits per heavy atom. The van der Waals surface area contributed by atoms with E-state index in [1.807, 2.05) is 0 Å². The summed E-state index contributed by atoms with van der Waals surface area (Å²) in [6, 6.07) is 0. The van der Waals surface area contributed by atoms with Crippen LogP contribution in [0.2, 0.25) is 0 Å². The second kappa shape index (κ2) is 19.3. The Morgan fingerprint density at radius 3 is 0.500 bits per heavy atom. The quantitative estimate of drug-likeness (QED) is 0.590. The zero-order chi connectivity index (χ0) is 0. The second-order valence-electron chi connectivity index (χ2n) is 0. The van der Waals surface area contributed by atoms with E-state index < -0.39 is 0 Å². The van der Waals surface area contributed by atoms with E-state index in [4.69, 9.17) is 0 Å². The molecule has 0 aliphatic carbocycles. The average Bonchev–Trinajstić information content (AvgIpc) is 0. The Labute approximate surface area is 71.3 Å². The van der Waals surface area contributed by atoms with Crippen LogP contribution in [0, 0.1) is 0 Å². The van der Waals surface area contributed by atoms with Crippen molar-refractivity contribution in [1.82, 2.24) is 0 Å². The molecule has 4 heavy (non-hydrogen) atoms. The van der Waals surface area contributed by atoms with E-state index in [-0.39, 0.29) is 72.0 Å². The van der Waals surface area contributed by atoms with Crippen molar-refractivity contribution in [3.8, 4) is 0 Å². The molecule has 0 aromatic heterocycles. The minimum Gasteiger partial charge on any atom is -0.114 e. The van der Waals surface area contributed by atoms with E-state index in [2.05, 4.69) is 0 Å². The Morgan fingerprint density at radius 2 is 0.500 bits per heavy atom. The molecule has 0 heterocycles. The van der Waals surface area contributed by atoms with Crippen LogP contribution >= 0.6 is 50.9 Å². The third kappa shape index (κ3) is 8.92. The van der Waals surface area contributed by atoms with Gasteiger partial charge in [0, 0.05) is 21.1 Å². The van der Waals surface area contributed by atoms with Gasteiger partial charge in [0.15, 0.2) is 0 Å². The Balaban J connectivity index is 0. The van der Waals surface area contributed by atoms with Gasteiger partial charge in [0.05, 0.1) is 0 Å². The van der Waals surface area contributed by atoms with Crippen LogP contribution in [0.5, 0.6) is 0 Å². The summed E-state index contributed by atoms with van der Waals surface area (Å²) in [5, 5.41) is 0. The second-order valence-corrected chi connectivity index (χ2v) is 0. The zero-order valence-corrected chi connectivity index (χ0v) is 8.78. The molecule has 0 spiro atoms. The van der Waals surface area contributed by atoms with E-state index >= 15 is 0 Å². The maximum absolute atomic E-state index is 0. The Bertz CT molecular complexity index is 3.25. The largest absolute Gasteiger partial charge is 0.114 e. The number of hydrogen-bond acceptors (Lipinski definition) is 0. The van der Waals surface area contributed by atoms with Gasteiger partial charge >= 0.3 is 0 Å². The van der Waals surface area contributed by atoms with Gasteiger partial charge in [-0.05, 0) is 0 Å². The van der Waals surface area contributed by atoms with E-state index in [0.29, 0.717) is 0 Å². The first-order valence-corrected chi connectivity index (χ1v) is 0. The van der Waals surface area contributed by atoms with E-state index in [1.54, 1.807) is 0 Å². The summed E-state index contributed by atoms with van der Waals surface area (Å²) in [5.41, 5.74) is 0. The first-order chi connectivity index (χ1) is 0. The topological polar surface area (TPSA) is 0 Å². The van der Waals surface area contributed by atoms with Gasteiger partial charge in [-0.3, -0.25) is 0 Å². The molecule has 0 saturated heterocycles. The van der Waals surface area contributed by atoms with Crippen LogP contribution in [0.25, 0.3) is 0 Å². The van der Waals surface area contributed by atoms with Gasteiger partial charge in [0.1, 0.15) is 0 Å². The fourth-order valence-electron chi connectivity index (χ4n) is 0. The summed E-state index contributed by atoms with van der Waals surface area (Å²) < 4.78 is 0. The maximum Gasteiger partial charge on any atom is 0 e. The number of halogens is 3. The predicted molar refractivity (Wildman–Crippen MR) is 31.0 cm³/mol. The summed E-state index contributed by atoms with van der Waals surface area (Å²) in [6.45, 7) is 0. The molecular weight excluding hydrogens is 336 g/mol. The van der Waals surface area contributed by atoms with Crippen molar-refractivity contribution in [3.05, 3.63) is 0 Å². The Kier molecular flexibility index (Phi) is 172. The van der Waals surface area contributed by atoms with Crippen LogP contribution < -0.4 is 0 Å². The summed E-state index contributed by atoms with van der Waals surface area (Å²) in [4.78, 5) is 0. The van der Waals surface area contributed by atoms with Gasteiger partial charge in [0.2, 0.25) is 0 Å². The first kappa shape index (κ1) is 35.6. The maximum atomic E-state index is 0. The standard InChI is InChI=1S/3BrH.Mo/h3*1H;. The van der Waals surface area contributed by atoms with Crippen LogP contribution in [0.15, 0.2) is 0 Å². The van der Waals surface area contributed by atoms with E-state index in [9.17, 15) is 0 Å². The molecule has 0 atom stereocenters. The van der Waals surface area contributed by atoms with Crippen LogP contribution in [-0.4, -0.2) is 0 Å². The van der Waals surface area contributed by atoms with Crippen LogP contribution in [-0.2, 0) is 21.1 Å². The van der Waals surface area contributed by atoms with Crippen LogP contribution in [0.1, 0.15) is 0 Å². The van der Waals surface area contributed by atoms with Crippen molar-refractivity contribution < 1.29 is 21.1 Å². The molecule has 30 valence electrons. The smallest absolute Gasteiger partial charge is 0 e. The third-order valence-corrected chi connectivity index (χ3v) is 0. The molecule has 0 aliphatic heterocycles. The summed E-state index contributed by atoms with van der Waals surface area (Å²) in [6.07, 6.45) is 0. The summed E-state index contributed by atoms with van der Waals surface area (Å²) in [7, 11) is 0.